The summed E-state index contributed by atoms with van der Waals surface area (Å²) >= 11 is 0. The van der Waals surface area contributed by atoms with Gasteiger partial charge in [0.1, 0.15) is 6.10 Å². The van der Waals surface area contributed by atoms with E-state index in [1.54, 1.807) is 13.3 Å². The van der Waals surface area contributed by atoms with Crippen LogP contribution in [0.15, 0.2) is 53.8 Å². The number of aryl methyl sites for hydroxylation is 1. The number of rotatable bonds is 9. The number of hydrogen-bond donors (Lipinski definition) is 2. The Kier molecular flexibility index (Phi) is 7.83. The number of methoxy groups -OCH3 is 1. The van der Waals surface area contributed by atoms with Crippen LogP contribution < -0.4 is 10.6 Å². The standard InChI is InChI=1S/C18H27N5O/c1-3-19-18(20-11-7-13-23-14-8-12-22-23)21-15-17(24-2)16-9-5-4-6-10-16/h4-6,8-10,12,14,17H,3,7,11,13,15H2,1-2H3,(H2,19,20,21). The molecule has 24 heavy (non-hydrogen) atoms. The molecule has 2 aromatic rings. The number of aromatic nitrogens is 2. The third-order valence-corrected chi connectivity index (χ3v) is 3.63. The van der Waals surface area contributed by atoms with Crippen molar-refractivity contribution >= 4 is 5.96 Å². The third kappa shape index (κ3) is 6.04. The zero-order chi connectivity index (χ0) is 17.0. The predicted octanol–water partition coefficient (Wildman–Crippen LogP) is 2.22. The average molecular weight is 329 g/mol. The SMILES string of the molecule is CCNC(=NCC(OC)c1ccccc1)NCCCn1cccn1. The Hall–Kier alpha value is -2.34. The Morgan fingerprint density at radius 2 is 2.08 bits per heavy atom. The van der Waals surface area contributed by atoms with Crippen LogP contribution in [0.2, 0.25) is 0 Å². The first-order valence-corrected chi connectivity index (χ1v) is 8.40. The smallest absolute Gasteiger partial charge is 0.191 e. The largest absolute Gasteiger partial charge is 0.375 e. The van der Waals surface area contributed by atoms with Crippen molar-refractivity contribution in [1.29, 1.82) is 0 Å². The Balaban J connectivity index is 1.82. The second-order valence-electron chi connectivity index (χ2n) is 5.40. The van der Waals surface area contributed by atoms with Crippen LogP contribution in [0.1, 0.15) is 25.0 Å². The minimum Gasteiger partial charge on any atom is -0.375 e. The molecule has 0 amide bonds. The summed E-state index contributed by atoms with van der Waals surface area (Å²) in [6.45, 7) is 5.20. The number of nitrogens with zero attached hydrogens (tertiary/aromatic N) is 3. The number of hydrogen-bond acceptors (Lipinski definition) is 3. The van der Waals surface area contributed by atoms with Gasteiger partial charge in [0.2, 0.25) is 0 Å². The van der Waals surface area contributed by atoms with E-state index in [1.165, 1.54) is 0 Å². The maximum absolute atomic E-state index is 5.57. The summed E-state index contributed by atoms with van der Waals surface area (Å²) in [4.78, 5) is 4.64. The zero-order valence-corrected chi connectivity index (χ0v) is 14.5. The van der Waals surface area contributed by atoms with E-state index in [1.807, 2.05) is 35.1 Å². The first kappa shape index (κ1) is 18.0. The third-order valence-electron chi connectivity index (χ3n) is 3.63. The van der Waals surface area contributed by atoms with E-state index in [4.69, 9.17) is 4.74 Å². The van der Waals surface area contributed by atoms with Crippen LogP contribution in [0.25, 0.3) is 0 Å². The molecule has 1 heterocycles. The molecule has 0 saturated heterocycles. The van der Waals surface area contributed by atoms with Crippen LogP contribution in [-0.4, -0.2) is 42.5 Å². The van der Waals surface area contributed by atoms with Gasteiger partial charge in [-0.25, -0.2) is 0 Å². The zero-order valence-electron chi connectivity index (χ0n) is 14.5. The molecule has 2 rings (SSSR count). The van der Waals surface area contributed by atoms with Crippen molar-refractivity contribution in [3.05, 3.63) is 54.4 Å². The Morgan fingerprint density at radius 1 is 1.25 bits per heavy atom. The minimum atomic E-state index is -0.0364. The second kappa shape index (κ2) is 10.4. The summed E-state index contributed by atoms with van der Waals surface area (Å²) in [7, 11) is 1.72. The Morgan fingerprint density at radius 3 is 2.75 bits per heavy atom. The number of benzene rings is 1. The molecule has 2 N–H and O–H groups in total. The van der Waals surface area contributed by atoms with Crippen LogP contribution in [0, 0.1) is 0 Å². The molecule has 0 aliphatic rings. The summed E-state index contributed by atoms with van der Waals surface area (Å²) in [6.07, 6.45) is 4.72. The van der Waals surface area contributed by atoms with Crippen LogP contribution in [0.3, 0.4) is 0 Å². The summed E-state index contributed by atoms with van der Waals surface area (Å²) in [5.74, 6) is 0.816. The lowest BCUT2D eigenvalue weighted by atomic mass is 10.1. The molecule has 0 aliphatic heterocycles. The number of ether oxygens (including phenoxy) is 1. The maximum atomic E-state index is 5.57. The van der Waals surface area contributed by atoms with Gasteiger partial charge in [-0.2, -0.15) is 5.10 Å². The molecule has 1 aromatic carbocycles. The molecule has 1 atom stereocenters. The highest BCUT2D eigenvalue weighted by atomic mass is 16.5. The van der Waals surface area contributed by atoms with E-state index in [9.17, 15) is 0 Å². The molecule has 6 heteroatoms. The quantitative estimate of drug-likeness (QED) is 0.421. The highest BCUT2D eigenvalue weighted by Crippen LogP contribution is 2.16. The molecule has 0 fully saturated rings. The number of guanidine groups is 1. The van der Waals surface area contributed by atoms with Crippen molar-refractivity contribution in [1.82, 2.24) is 20.4 Å². The number of nitrogens with one attached hydrogen (secondary N) is 2. The molecule has 6 nitrogen and oxygen atoms in total. The molecule has 0 spiro atoms. The summed E-state index contributed by atoms with van der Waals surface area (Å²) in [6, 6.07) is 12.1. The normalized spacial score (nSPS) is 12.8. The average Bonchev–Trinajstić information content (AvgIpc) is 3.13. The van der Waals surface area contributed by atoms with Crippen molar-refractivity contribution < 1.29 is 4.74 Å². The van der Waals surface area contributed by atoms with Gasteiger partial charge in [-0.3, -0.25) is 9.67 Å². The monoisotopic (exact) mass is 329 g/mol. The minimum absolute atomic E-state index is 0.0364. The number of aliphatic imine (C=N–C) groups is 1. The molecule has 1 aromatic heterocycles. The van der Waals surface area contributed by atoms with Gasteiger partial charge in [0.25, 0.3) is 0 Å². The van der Waals surface area contributed by atoms with Gasteiger partial charge in [0.05, 0.1) is 6.54 Å². The fourth-order valence-electron chi connectivity index (χ4n) is 2.38. The van der Waals surface area contributed by atoms with E-state index in [2.05, 4.69) is 39.8 Å². The van der Waals surface area contributed by atoms with Gasteiger partial charge in [0.15, 0.2) is 5.96 Å². The van der Waals surface area contributed by atoms with E-state index in [-0.39, 0.29) is 6.10 Å². The van der Waals surface area contributed by atoms with Gasteiger partial charge in [-0.1, -0.05) is 30.3 Å². The van der Waals surface area contributed by atoms with E-state index >= 15 is 0 Å². The van der Waals surface area contributed by atoms with E-state index in [0.717, 1.165) is 37.6 Å². The maximum Gasteiger partial charge on any atom is 0.191 e. The Labute approximate surface area is 143 Å². The van der Waals surface area contributed by atoms with Crippen LogP contribution >= 0.6 is 0 Å². The van der Waals surface area contributed by atoms with Crippen molar-refractivity contribution in [2.24, 2.45) is 4.99 Å². The lowest BCUT2D eigenvalue weighted by molar-refractivity contribution is 0.111. The molecule has 0 aliphatic carbocycles. The van der Waals surface area contributed by atoms with E-state index in [0.29, 0.717) is 6.54 Å². The molecule has 0 saturated carbocycles. The lowest BCUT2D eigenvalue weighted by Crippen LogP contribution is -2.38. The van der Waals surface area contributed by atoms with Crippen molar-refractivity contribution in [2.45, 2.75) is 26.0 Å². The van der Waals surface area contributed by atoms with Gasteiger partial charge >= 0.3 is 0 Å². The highest BCUT2D eigenvalue weighted by molar-refractivity contribution is 5.79. The first-order chi connectivity index (χ1) is 11.8. The van der Waals surface area contributed by atoms with Gasteiger partial charge < -0.3 is 15.4 Å². The van der Waals surface area contributed by atoms with Crippen molar-refractivity contribution in [3.8, 4) is 0 Å². The van der Waals surface area contributed by atoms with Crippen molar-refractivity contribution in [3.63, 3.8) is 0 Å². The van der Waals surface area contributed by atoms with Gasteiger partial charge in [-0.05, 0) is 25.0 Å². The summed E-state index contributed by atoms with van der Waals surface area (Å²) < 4.78 is 7.50. The van der Waals surface area contributed by atoms with Gasteiger partial charge in [-0.15, -0.1) is 0 Å². The summed E-state index contributed by atoms with van der Waals surface area (Å²) in [5.41, 5.74) is 1.14. The lowest BCUT2D eigenvalue weighted by Gasteiger charge is -2.16. The van der Waals surface area contributed by atoms with E-state index < -0.39 is 0 Å². The van der Waals surface area contributed by atoms with Crippen molar-refractivity contribution in [2.75, 3.05) is 26.7 Å². The molecular weight excluding hydrogens is 302 g/mol. The molecule has 1 unspecified atom stereocenters. The first-order valence-electron chi connectivity index (χ1n) is 8.40. The highest BCUT2D eigenvalue weighted by Gasteiger charge is 2.09. The van der Waals surface area contributed by atoms with Crippen LogP contribution in [0.4, 0.5) is 0 Å². The molecule has 130 valence electrons. The second-order valence-corrected chi connectivity index (χ2v) is 5.40. The summed E-state index contributed by atoms with van der Waals surface area (Å²) in [5, 5.41) is 10.8. The molecule has 0 radical (unpaired) electrons. The fourth-order valence-corrected chi connectivity index (χ4v) is 2.38. The molecule has 0 bridgehead atoms. The topological polar surface area (TPSA) is 63.5 Å². The van der Waals surface area contributed by atoms with Crippen LogP contribution in [-0.2, 0) is 11.3 Å². The Bertz CT molecular complexity index is 583. The fraction of sp³-hybridized carbons (Fsp3) is 0.444. The van der Waals surface area contributed by atoms with Crippen LogP contribution in [0.5, 0.6) is 0 Å². The van der Waals surface area contributed by atoms with Gasteiger partial charge in [0, 0.05) is 39.1 Å². The predicted molar refractivity (Wildman–Crippen MR) is 97.0 cm³/mol. The molecular formula is C18H27N5O.